The van der Waals surface area contributed by atoms with E-state index in [-0.39, 0.29) is 18.8 Å². The quantitative estimate of drug-likeness (QED) is 0.660. The van der Waals surface area contributed by atoms with Crippen molar-refractivity contribution in [3.8, 4) is 0 Å². The molecule has 2 heterocycles. The maximum atomic E-state index is 9.19. The number of nitrogens with zero attached hydrogens (tertiary/aromatic N) is 1. The standard InChI is InChI=1S/C7H15NO2.C4H8O/c1-8-3-2-7(10)4-6(8)5-9;1-2-4-5-3-1/h6-7,9-10H,2-5H2,1H3;1-4H2. The van der Waals surface area contributed by atoms with Crippen LogP contribution in [-0.2, 0) is 4.74 Å². The van der Waals surface area contributed by atoms with Gasteiger partial charge in [0.1, 0.15) is 0 Å². The highest BCUT2D eigenvalue weighted by atomic mass is 16.5. The van der Waals surface area contributed by atoms with E-state index in [1.165, 1.54) is 12.8 Å². The molecule has 90 valence electrons. The number of hydrogen-bond donors (Lipinski definition) is 2. The zero-order valence-corrected chi connectivity index (χ0v) is 9.56. The van der Waals surface area contributed by atoms with Gasteiger partial charge in [-0.15, -0.1) is 0 Å². The van der Waals surface area contributed by atoms with E-state index >= 15 is 0 Å². The molecule has 0 aromatic carbocycles. The molecule has 0 saturated carbocycles. The van der Waals surface area contributed by atoms with Crippen molar-refractivity contribution in [2.45, 2.75) is 37.8 Å². The third-order valence-corrected chi connectivity index (χ3v) is 3.02. The summed E-state index contributed by atoms with van der Waals surface area (Å²) >= 11 is 0. The first-order valence-electron chi connectivity index (χ1n) is 5.81. The van der Waals surface area contributed by atoms with Gasteiger partial charge in [0.15, 0.2) is 0 Å². The van der Waals surface area contributed by atoms with Crippen molar-refractivity contribution in [1.82, 2.24) is 4.90 Å². The summed E-state index contributed by atoms with van der Waals surface area (Å²) < 4.78 is 4.94. The Bertz CT molecular complexity index is 154. The monoisotopic (exact) mass is 217 g/mol. The molecule has 15 heavy (non-hydrogen) atoms. The summed E-state index contributed by atoms with van der Waals surface area (Å²) in [4.78, 5) is 2.09. The van der Waals surface area contributed by atoms with Gasteiger partial charge >= 0.3 is 0 Å². The first-order valence-corrected chi connectivity index (χ1v) is 5.81. The fraction of sp³-hybridized carbons (Fsp3) is 1.00. The lowest BCUT2D eigenvalue weighted by molar-refractivity contribution is 0.0307. The molecule has 2 aliphatic rings. The minimum Gasteiger partial charge on any atom is -0.395 e. The van der Waals surface area contributed by atoms with Gasteiger partial charge in [0.2, 0.25) is 0 Å². The van der Waals surface area contributed by atoms with Crippen LogP contribution in [0.25, 0.3) is 0 Å². The van der Waals surface area contributed by atoms with Crippen LogP contribution in [0.2, 0.25) is 0 Å². The second kappa shape index (κ2) is 7.17. The van der Waals surface area contributed by atoms with Gasteiger partial charge in [0.05, 0.1) is 12.7 Å². The molecule has 4 nitrogen and oxygen atoms in total. The van der Waals surface area contributed by atoms with E-state index in [1.807, 2.05) is 7.05 Å². The lowest BCUT2D eigenvalue weighted by Gasteiger charge is -2.33. The van der Waals surface area contributed by atoms with Crippen molar-refractivity contribution < 1.29 is 14.9 Å². The van der Waals surface area contributed by atoms with Crippen LogP contribution in [-0.4, -0.2) is 60.7 Å². The van der Waals surface area contributed by atoms with Crippen LogP contribution in [0.15, 0.2) is 0 Å². The fourth-order valence-corrected chi connectivity index (χ4v) is 1.87. The number of likely N-dealkylation sites (tertiary alicyclic amines) is 1. The zero-order chi connectivity index (χ0) is 11.1. The minimum absolute atomic E-state index is 0.160. The number of hydrogen-bond acceptors (Lipinski definition) is 4. The average molecular weight is 217 g/mol. The first kappa shape index (κ1) is 12.9. The summed E-state index contributed by atoms with van der Waals surface area (Å²) in [7, 11) is 1.98. The maximum Gasteiger partial charge on any atom is 0.0587 e. The number of ether oxygens (including phenoxy) is 1. The molecule has 2 N–H and O–H groups in total. The Morgan fingerprint density at radius 2 is 2.00 bits per heavy atom. The molecule has 0 aromatic rings. The van der Waals surface area contributed by atoms with Crippen molar-refractivity contribution in [1.29, 1.82) is 0 Å². The average Bonchev–Trinajstić information content (AvgIpc) is 2.80. The van der Waals surface area contributed by atoms with Gasteiger partial charge in [-0.25, -0.2) is 0 Å². The fourth-order valence-electron chi connectivity index (χ4n) is 1.87. The molecule has 2 fully saturated rings. The van der Waals surface area contributed by atoms with Crippen LogP contribution in [0.5, 0.6) is 0 Å². The summed E-state index contributed by atoms with van der Waals surface area (Å²) in [5.74, 6) is 0. The van der Waals surface area contributed by atoms with Crippen molar-refractivity contribution in [2.24, 2.45) is 0 Å². The van der Waals surface area contributed by atoms with Gasteiger partial charge in [0, 0.05) is 25.8 Å². The van der Waals surface area contributed by atoms with Crippen molar-refractivity contribution in [3.63, 3.8) is 0 Å². The smallest absolute Gasteiger partial charge is 0.0587 e. The van der Waals surface area contributed by atoms with E-state index in [1.54, 1.807) is 0 Å². The number of piperidine rings is 1. The number of rotatable bonds is 1. The van der Waals surface area contributed by atoms with Gasteiger partial charge in [-0.05, 0) is 32.7 Å². The molecule has 0 aromatic heterocycles. The third kappa shape index (κ3) is 4.93. The highest BCUT2D eigenvalue weighted by Gasteiger charge is 2.23. The van der Waals surface area contributed by atoms with Gasteiger partial charge in [-0.2, -0.15) is 0 Å². The largest absolute Gasteiger partial charge is 0.395 e. The Labute approximate surface area is 91.8 Å². The molecule has 0 radical (unpaired) electrons. The lowest BCUT2D eigenvalue weighted by Crippen LogP contribution is -2.43. The van der Waals surface area contributed by atoms with Crippen LogP contribution >= 0.6 is 0 Å². The maximum absolute atomic E-state index is 9.19. The predicted molar refractivity (Wildman–Crippen MR) is 58.8 cm³/mol. The van der Waals surface area contributed by atoms with Crippen LogP contribution in [0.4, 0.5) is 0 Å². The number of likely N-dealkylation sites (N-methyl/N-ethyl adjacent to an activating group) is 1. The van der Waals surface area contributed by atoms with Crippen LogP contribution < -0.4 is 0 Å². The molecule has 2 rings (SSSR count). The zero-order valence-electron chi connectivity index (χ0n) is 9.56. The Morgan fingerprint density at radius 1 is 1.33 bits per heavy atom. The Balaban J connectivity index is 0.000000187. The molecule has 0 aliphatic carbocycles. The SMILES string of the molecule is C1CCOC1.CN1CCC(O)CC1CO. The van der Waals surface area contributed by atoms with Crippen LogP contribution in [0, 0.1) is 0 Å². The second-order valence-corrected chi connectivity index (χ2v) is 4.31. The predicted octanol–water partition coefficient (Wildman–Crippen LogP) is 0.231. The summed E-state index contributed by atoms with van der Waals surface area (Å²) in [6.07, 6.45) is 3.91. The molecule has 0 bridgehead atoms. The van der Waals surface area contributed by atoms with E-state index in [4.69, 9.17) is 9.84 Å². The molecule has 2 aliphatic heterocycles. The highest BCUT2D eigenvalue weighted by molar-refractivity contribution is 4.78. The van der Waals surface area contributed by atoms with E-state index in [9.17, 15) is 5.11 Å². The summed E-state index contributed by atoms with van der Waals surface area (Å²) in [5, 5.41) is 18.0. The third-order valence-electron chi connectivity index (χ3n) is 3.02. The van der Waals surface area contributed by atoms with Crippen molar-refractivity contribution >= 4 is 0 Å². The van der Waals surface area contributed by atoms with Crippen molar-refractivity contribution in [2.75, 3.05) is 33.4 Å². The lowest BCUT2D eigenvalue weighted by atomic mass is 10.0. The second-order valence-electron chi connectivity index (χ2n) is 4.31. The van der Waals surface area contributed by atoms with E-state index in [0.717, 1.165) is 26.2 Å². The summed E-state index contributed by atoms with van der Waals surface area (Å²) in [5.41, 5.74) is 0. The molecule has 2 saturated heterocycles. The highest BCUT2D eigenvalue weighted by Crippen LogP contribution is 2.14. The molecule has 0 spiro atoms. The molecular weight excluding hydrogens is 194 g/mol. The topological polar surface area (TPSA) is 52.9 Å². The number of aliphatic hydroxyl groups excluding tert-OH is 2. The molecule has 2 unspecified atom stereocenters. The normalized spacial score (nSPS) is 32.2. The van der Waals surface area contributed by atoms with E-state index < -0.39 is 0 Å². The Hall–Kier alpha value is -0.160. The van der Waals surface area contributed by atoms with Gasteiger partial charge < -0.3 is 19.8 Å². The molecular formula is C11H23NO3. The van der Waals surface area contributed by atoms with E-state index in [0.29, 0.717) is 6.42 Å². The van der Waals surface area contributed by atoms with Crippen LogP contribution in [0.3, 0.4) is 0 Å². The molecule has 2 atom stereocenters. The van der Waals surface area contributed by atoms with E-state index in [2.05, 4.69) is 4.90 Å². The molecule has 4 heteroatoms. The minimum atomic E-state index is -0.201. The number of aliphatic hydroxyl groups is 2. The van der Waals surface area contributed by atoms with Crippen molar-refractivity contribution in [3.05, 3.63) is 0 Å². The van der Waals surface area contributed by atoms with Gasteiger partial charge in [0.25, 0.3) is 0 Å². The van der Waals surface area contributed by atoms with Crippen LogP contribution in [0.1, 0.15) is 25.7 Å². The Kier molecular flexibility index (Phi) is 6.17. The summed E-state index contributed by atoms with van der Waals surface area (Å²) in [6, 6.07) is 0.170. The summed E-state index contributed by atoms with van der Waals surface area (Å²) in [6.45, 7) is 3.06. The Morgan fingerprint density at radius 3 is 2.40 bits per heavy atom. The molecule has 0 amide bonds. The van der Waals surface area contributed by atoms with Gasteiger partial charge in [-0.3, -0.25) is 0 Å². The first-order chi connectivity index (χ1) is 7.24. The van der Waals surface area contributed by atoms with Gasteiger partial charge in [-0.1, -0.05) is 0 Å².